The Morgan fingerprint density at radius 3 is 2.63 bits per heavy atom. The van der Waals surface area contributed by atoms with Crippen LogP contribution in [0.5, 0.6) is 0 Å². The van der Waals surface area contributed by atoms with Crippen LogP contribution in [0.2, 0.25) is 0 Å². The minimum absolute atomic E-state index is 0. The summed E-state index contributed by atoms with van der Waals surface area (Å²) in [6, 6.07) is 7.84. The lowest BCUT2D eigenvalue weighted by molar-refractivity contribution is -0.125. The van der Waals surface area contributed by atoms with Gasteiger partial charge in [0.2, 0.25) is 5.91 Å². The Morgan fingerprint density at radius 2 is 2.11 bits per heavy atom. The van der Waals surface area contributed by atoms with Gasteiger partial charge in [-0.1, -0.05) is 35.0 Å². The fourth-order valence-corrected chi connectivity index (χ4v) is 1.98. The first-order chi connectivity index (χ1) is 8.37. The minimum atomic E-state index is -0.544. The predicted molar refractivity (Wildman–Crippen MR) is 85.6 cm³/mol. The maximum Gasteiger partial charge on any atom is 0.230 e. The van der Waals surface area contributed by atoms with E-state index in [1.54, 1.807) is 0 Å². The average Bonchev–Trinajstić information content (AvgIpc) is 2.35. The zero-order valence-corrected chi connectivity index (χ0v) is 14.0. The number of rotatable bonds is 5. The van der Waals surface area contributed by atoms with Crippen molar-refractivity contribution < 1.29 is 4.79 Å². The van der Waals surface area contributed by atoms with Crippen LogP contribution < -0.4 is 11.1 Å². The molecule has 1 unspecified atom stereocenters. The maximum atomic E-state index is 12.2. The lowest BCUT2D eigenvalue weighted by Gasteiger charge is -2.25. The van der Waals surface area contributed by atoms with Crippen molar-refractivity contribution in [3.63, 3.8) is 0 Å². The third-order valence-electron chi connectivity index (χ3n) is 3.13. The third kappa shape index (κ3) is 5.13. The lowest BCUT2D eigenvalue weighted by Crippen LogP contribution is -2.42. The zero-order chi connectivity index (χ0) is 13.8. The molecule has 0 aromatic heterocycles. The second-order valence-corrected chi connectivity index (χ2v) is 6.10. The summed E-state index contributed by atoms with van der Waals surface area (Å²) in [5, 5.41) is 2.96. The van der Waals surface area contributed by atoms with Crippen molar-refractivity contribution in [3.05, 3.63) is 34.3 Å². The molecular weight excluding hydrogens is 328 g/mol. The zero-order valence-electron chi connectivity index (χ0n) is 11.6. The summed E-state index contributed by atoms with van der Waals surface area (Å²) in [4.78, 5) is 12.2. The van der Waals surface area contributed by atoms with Gasteiger partial charge in [-0.2, -0.15) is 0 Å². The molecule has 108 valence electrons. The van der Waals surface area contributed by atoms with Crippen molar-refractivity contribution in [1.82, 2.24) is 5.32 Å². The molecule has 1 aromatic rings. The molecule has 0 saturated carbocycles. The Morgan fingerprint density at radius 1 is 1.47 bits per heavy atom. The summed E-state index contributed by atoms with van der Waals surface area (Å²) < 4.78 is 0.983. The second kappa shape index (κ2) is 7.88. The molecular formula is C14H22BrClN2O. The number of hydrogen-bond donors (Lipinski definition) is 2. The maximum absolute atomic E-state index is 12.2. The molecule has 19 heavy (non-hydrogen) atoms. The van der Waals surface area contributed by atoms with Crippen LogP contribution in [0.25, 0.3) is 0 Å². The van der Waals surface area contributed by atoms with Crippen LogP contribution in [0.4, 0.5) is 0 Å². The summed E-state index contributed by atoms with van der Waals surface area (Å²) in [6.07, 6.45) is 0. The van der Waals surface area contributed by atoms with Gasteiger partial charge in [0.05, 0.1) is 5.41 Å². The van der Waals surface area contributed by atoms with Crippen molar-refractivity contribution in [2.75, 3.05) is 13.1 Å². The van der Waals surface area contributed by atoms with Gasteiger partial charge in [0, 0.05) is 11.0 Å². The number of nitrogens with one attached hydrogen (secondary N) is 1. The number of hydrogen-bond acceptors (Lipinski definition) is 2. The van der Waals surface area contributed by atoms with Gasteiger partial charge in [-0.3, -0.25) is 4.79 Å². The van der Waals surface area contributed by atoms with E-state index < -0.39 is 5.41 Å². The van der Waals surface area contributed by atoms with E-state index in [2.05, 4.69) is 21.2 Å². The number of nitrogens with two attached hydrogens (primary N) is 1. The summed E-state index contributed by atoms with van der Waals surface area (Å²) in [7, 11) is 0. The Kier molecular flexibility index (Phi) is 7.64. The van der Waals surface area contributed by atoms with Gasteiger partial charge in [-0.05, 0) is 44.0 Å². The van der Waals surface area contributed by atoms with Gasteiger partial charge in [0.15, 0.2) is 0 Å². The number of halogens is 2. The van der Waals surface area contributed by atoms with Crippen molar-refractivity contribution in [3.8, 4) is 0 Å². The number of carbonyl (C=O) groups is 1. The van der Waals surface area contributed by atoms with Gasteiger partial charge in [-0.25, -0.2) is 0 Å². The lowest BCUT2D eigenvalue weighted by atomic mass is 9.83. The van der Waals surface area contributed by atoms with Crippen LogP contribution >= 0.6 is 28.3 Å². The van der Waals surface area contributed by atoms with Crippen LogP contribution in [-0.4, -0.2) is 19.0 Å². The number of benzene rings is 1. The molecule has 3 nitrogen and oxygen atoms in total. The third-order valence-corrected chi connectivity index (χ3v) is 3.62. The summed E-state index contributed by atoms with van der Waals surface area (Å²) in [5.74, 6) is 0.327. The van der Waals surface area contributed by atoms with E-state index in [0.717, 1.165) is 10.0 Å². The van der Waals surface area contributed by atoms with Crippen molar-refractivity contribution >= 4 is 34.2 Å². The van der Waals surface area contributed by atoms with E-state index in [9.17, 15) is 4.79 Å². The van der Waals surface area contributed by atoms with E-state index in [4.69, 9.17) is 5.73 Å². The molecule has 1 aromatic carbocycles. The quantitative estimate of drug-likeness (QED) is 0.859. The topological polar surface area (TPSA) is 55.1 Å². The highest BCUT2D eigenvalue weighted by Crippen LogP contribution is 2.25. The molecule has 0 heterocycles. The highest BCUT2D eigenvalue weighted by molar-refractivity contribution is 9.10. The number of amides is 1. The Hall–Kier alpha value is -0.580. The highest BCUT2D eigenvalue weighted by atomic mass is 79.9. The molecule has 3 N–H and O–H groups in total. The SMILES string of the molecule is CC(CN)CNC(=O)C(C)(C)c1cccc(Br)c1.Cl. The van der Waals surface area contributed by atoms with Gasteiger partial charge in [0.25, 0.3) is 0 Å². The molecule has 0 bridgehead atoms. The largest absolute Gasteiger partial charge is 0.355 e. The fourth-order valence-electron chi connectivity index (χ4n) is 1.58. The van der Waals surface area contributed by atoms with Crippen LogP contribution in [-0.2, 0) is 10.2 Å². The smallest absolute Gasteiger partial charge is 0.230 e. The van der Waals surface area contributed by atoms with Crippen LogP contribution in [0.3, 0.4) is 0 Å². The Bertz CT molecular complexity index is 424. The van der Waals surface area contributed by atoms with E-state index >= 15 is 0 Å². The predicted octanol–water partition coefficient (Wildman–Crippen LogP) is 2.86. The molecule has 0 radical (unpaired) electrons. The van der Waals surface area contributed by atoms with Crippen LogP contribution in [0.15, 0.2) is 28.7 Å². The average molecular weight is 350 g/mol. The first-order valence-corrected chi connectivity index (χ1v) is 6.91. The molecule has 0 fully saturated rings. The fraction of sp³-hybridized carbons (Fsp3) is 0.500. The van der Waals surface area contributed by atoms with E-state index in [-0.39, 0.29) is 18.3 Å². The first-order valence-electron chi connectivity index (χ1n) is 6.12. The summed E-state index contributed by atoms with van der Waals surface area (Å²) in [6.45, 7) is 7.07. The molecule has 0 saturated heterocycles. The molecule has 0 aliphatic carbocycles. The monoisotopic (exact) mass is 348 g/mol. The van der Waals surface area contributed by atoms with Crippen LogP contribution in [0, 0.1) is 5.92 Å². The van der Waals surface area contributed by atoms with Crippen molar-refractivity contribution in [2.45, 2.75) is 26.2 Å². The second-order valence-electron chi connectivity index (χ2n) is 5.19. The molecule has 1 rings (SSSR count). The molecule has 0 aliphatic heterocycles. The molecule has 1 amide bonds. The van der Waals surface area contributed by atoms with Gasteiger partial charge < -0.3 is 11.1 Å². The highest BCUT2D eigenvalue weighted by Gasteiger charge is 2.29. The van der Waals surface area contributed by atoms with E-state index in [1.807, 2.05) is 45.0 Å². The van der Waals surface area contributed by atoms with E-state index in [0.29, 0.717) is 19.0 Å². The van der Waals surface area contributed by atoms with Gasteiger partial charge >= 0.3 is 0 Å². The standard InChI is InChI=1S/C14H21BrN2O.ClH/c1-10(8-16)9-17-13(18)14(2,3)11-5-4-6-12(15)7-11;/h4-7,10H,8-9,16H2,1-3H3,(H,17,18);1H. The summed E-state index contributed by atoms with van der Waals surface area (Å²) in [5.41, 5.74) is 5.99. The normalized spacial score (nSPS) is 12.5. The molecule has 0 aliphatic rings. The van der Waals surface area contributed by atoms with Crippen molar-refractivity contribution in [2.24, 2.45) is 11.7 Å². The Balaban J connectivity index is 0.00000324. The molecule has 0 spiro atoms. The van der Waals surface area contributed by atoms with Crippen molar-refractivity contribution in [1.29, 1.82) is 0 Å². The Labute approximate surface area is 129 Å². The molecule has 1 atom stereocenters. The minimum Gasteiger partial charge on any atom is -0.355 e. The van der Waals surface area contributed by atoms with Gasteiger partial charge in [-0.15, -0.1) is 12.4 Å². The molecule has 5 heteroatoms. The van der Waals surface area contributed by atoms with Gasteiger partial charge in [0.1, 0.15) is 0 Å². The first kappa shape index (κ1) is 18.4. The van der Waals surface area contributed by atoms with Crippen LogP contribution in [0.1, 0.15) is 26.3 Å². The summed E-state index contributed by atoms with van der Waals surface area (Å²) >= 11 is 3.43. The van der Waals surface area contributed by atoms with E-state index in [1.165, 1.54) is 0 Å². The number of carbonyl (C=O) groups excluding carboxylic acids is 1.